The number of amides is 2. The topological polar surface area (TPSA) is 138 Å². The van der Waals surface area contributed by atoms with Gasteiger partial charge in [0.05, 0.1) is 18.2 Å². The van der Waals surface area contributed by atoms with Gasteiger partial charge in [-0.15, -0.1) is 0 Å². The van der Waals surface area contributed by atoms with Gasteiger partial charge in [0, 0.05) is 45.4 Å². The van der Waals surface area contributed by atoms with Crippen molar-refractivity contribution < 1.29 is 32.6 Å². The second kappa shape index (κ2) is 14.5. The first-order valence-electron chi connectivity index (χ1n) is 17.1. The number of fused-ring (bicyclic) bond motifs is 6. The Labute approximate surface area is 288 Å². The van der Waals surface area contributed by atoms with Crippen molar-refractivity contribution in [2.24, 2.45) is 17.8 Å². The molecule has 2 aromatic carbocycles. The van der Waals surface area contributed by atoms with E-state index in [2.05, 4.69) is 9.62 Å². The molecule has 4 bridgehead atoms. The Kier molecular flexibility index (Phi) is 10.6. The zero-order valence-electron chi connectivity index (χ0n) is 27.8. The van der Waals surface area contributed by atoms with Crippen molar-refractivity contribution in [3.8, 4) is 5.75 Å². The summed E-state index contributed by atoms with van der Waals surface area (Å²) in [5, 5.41) is 12.8. The van der Waals surface area contributed by atoms with E-state index in [1.54, 1.807) is 25.2 Å². The highest BCUT2D eigenvalue weighted by molar-refractivity contribution is 7.88. The van der Waals surface area contributed by atoms with Gasteiger partial charge in [-0.25, -0.2) is 9.44 Å². The first-order valence-corrected chi connectivity index (χ1v) is 18.9. The average molecular weight is 703 g/mol. The van der Waals surface area contributed by atoms with E-state index in [1.165, 1.54) is 4.90 Å². The van der Waals surface area contributed by atoms with Crippen molar-refractivity contribution in [3.63, 3.8) is 0 Å². The van der Waals surface area contributed by atoms with Crippen LogP contribution in [0.4, 0.5) is 5.69 Å². The van der Waals surface area contributed by atoms with Crippen molar-refractivity contribution in [3.05, 3.63) is 58.1 Å². The molecule has 3 N–H and O–H groups in total. The van der Waals surface area contributed by atoms with Crippen LogP contribution in [-0.4, -0.2) is 76.7 Å². The summed E-state index contributed by atoms with van der Waals surface area (Å²) >= 11 is 6.36. The number of carbonyl (C=O) groups is 2. The molecule has 1 saturated heterocycles. The number of halogens is 1. The van der Waals surface area contributed by atoms with E-state index < -0.39 is 34.0 Å². The minimum atomic E-state index is -4.27. The van der Waals surface area contributed by atoms with Crippen LogP contribution in [0.3, 0.4) is 0 Å². The number of anilines is 1. The van der Waals surface area contributed by atoms with Crippen molar-refractivity contribution in [1.82, 2.24) is 14.3 Å². The van der Waals surface area contributed by atoms with E-state index in [-0.39, 0.29) is 11.7 Å². The Hall–Kier alpha value is -2.90. The fourth-order valence-corrected chi connectivity index (χ4v) is 8.39. The zero-order chi connectivity index (χ0) is 34.1. The first kappa shape index (κ1) is 34.9. The molecule has 5 atom stereocenters. The molecule has 1 saturated carbocycles. The molecule has 3 heterocycles. The van der Waals surface area contributed by atoms with Gasteiger partial charge in [0.15, 0.2) is 5.60 Å². The minimum Gasteiger partial charge on any atom is -0.487 e. The monoisotopic (exact) mass is 702 g/mol. The number of aliphatic hydroxyl groups is 1. The lowest BCUT2D eigenvalue weighted by Crippen LogP contribution is -2.51. The highest BCUT2D eigenvalue weighted by atomic mass is 35.5. The van der Waals surface area contributed by atoms with Gasteiger partial charge in [0.25, 0.3) is 5.91 Å². The number of nitrogens with one attached hydrogen (secondary N) is 2. The van der Waals surface area contributed by atoms with E-state index >= 15 is 0 Å². The Balaban J connectivity index is 1.44. The Morgan fingerprint density at radius 2 is 1.90 bits per heavy atom. The molecule has 262 valence electrons. The molecule has 3 aliphatic heterocycles. The van der Waals surface area contributed by atoms with Crippen LogP contribution in [-0.2, 0) is 43.2 Å². The summed E-state index contributed by atoms with van der Waals surface area (Å²) < 4.78 is 41.7. The van der Waals surface area contributed by atoms with Crippen molar-refractivity contribution in [1.29, 1.82) is 0 Å². The summed E-state index contributed by atoms with van der Waals surface area (Å²) in [6, 6.07) is 10.8. The van der Waals surface area contributed by atoms with Gasteiger partial charge in [0.1, 0.15) is 12.4 Å². The molecule has 2 aromatic rings. The molecule has 0 unspecified atom stereocenters. The van der Waals surface area contributed by atoms with E-state index in [4.69, 9.17) is 21.1 Å². The van der Waals surface area contributed by atoms with Crippen LogP contribution >= 0.6 is 11.6 Å². The maximum atomic E-state index is 13.7. The van der Waals surface area contributed by atoms with Gasteiger partial charge in [0.2, 0.25) is 5.91 Å². The lowest BCUT2D eigenvalue weighted by molar-refractivity contribution is -0.148. The van der Waals surface area contributed by atoms with Crippen LogP contribution in [0.1, 0.15) is 68.1 Å². The first-order chi connectivity index (χ1) is 23.0. The maximum Gasteiger partial charge on any atom is 0.301 e. The highest BCUT2D eigenvalue weighted by Crippen LogP contribution is 2.45. The third kappa shape index (κ3) is 7.62. The molecule has 1 aliphatic carbocycles. The Morgan fingerprint density at radius 1 is 1.06 bits per heavy atom. The molecular weight excluding hydrogens is 656 g/mol. The molecule has 2 fully saturated rings. The molecule has 11 nitrogen and oxygen atoms in total. The second-order valence-corrected chi connectivity index (χ2v) is 15.9. The van der Waals surface area contributed by atoms with Gasteiger partial charge < -0.3 is 24.4 Å². The summed E-state index contributed by atoms with van der Waals surface area (Å²) in [6.07, 6.45) is 7.05. The predicted molar refractivity (Wildman–Crippen MR) is 183 cm³/mol. The number of carbonyl (C=O) groups excluding carboxylic acids is 2. The van der Waals surface area contributed by atoms with Crippen LogP contribution in [0.5, 0.6) is 5.75 Å². The van der Waals surface area contributed by atoms with E-state index in [1.807, 2.05) is 22.9 Å². The lowest BCUT2D eigenvalue weighted by Gasteiger charge is -2.47. The lowest BCUT2D eigenvalue weighted by atomic mass is 9.67. The third-order valence-electron chi connectivity index (χ3n) is 10.9. The average Bonchev–Trinajstić information content (AvgIpc) is 3.08. The normalized spacial score (nSPS) is 28.5. The summed E-state index contributed by atoms with van der Waals surface area (Å²) in [7, 11) is -1.46. The molecule has 0 radical (unpaired) electrons. The van der Waals surface area contributed by atoms with Gasteiger partial charge in [-0.05, 0) is 110 Å². The Bertz CT molecular complexity index is 1620. The molecule has 2 amide bonds. The largest absolute Gasteiger partial charge is 0.487 e. The van der Waals surface area contributed by atoms with Crippen molar-refractivity contribution in [2.75, 3.05) is 45.2 Å². The molecule has 6 rings (SSSR count). The second-order valence-electron chi connectivity index (χ2n) is 13.9. The van der Waals surface area contributed by atoms with E-state index in [9.17, 15) is 23.1 Å². The fraction of sp³-hybridized carbons (Fsp3) is 0.600. The smallest absolute Gasteiger partial charge is 0.301 e. The van der Waals surface area contributed by atoms with Crippen LogP contribution in [0, 0.1) is 17.8 Å². The van der Waals surface area contributed by atoms with Crippen molar-refractivity contribution in [2.45, 2.75) is 76.1 Å². The summed E-state index contributed by atoms with van der Waals surface area (Å²) in [5.41, 5.74) is 0.489. The molecule has 0 spiro atoms. The molecule has 48 heavy (non-hydrogen) atoms. The number of benzene rings is 2. The predicted octanol–water partition coefficient (Wildman–Crippen LogP) is 3.90. The van der Waals surface area contributed by atoms with Crippen LogP contribution in [0.2, 0.25) is 5.02 Å². The third-order valence-corrected chi connectivity index (χ3v) is 12.1. The molecule has 13 heteroatoms. The number of rotatable bonds is 3. The fourth-order valence-electron chi connectivity index (χ4n) is 7.68. The summed E-state index contributed by atoms with van der Waals surface area (Å²) in [4.78, 5) is 31.2. The number of hydrogen-bond acceptors (Lipinski definition) is 8. The SMILES string of the molecule is CNS(=O)(=O)NC(=O)[C@@]1(O)CC(=O)N(C)CC[C@H]2CCO[C@@H](C2)[C@@H]2CC[C@H]2CN2CCCCc3cc(Cl)ccc3COc3ccc1cc32. The number of hydrogen-bond donors (Lipinski definition) is 3. The van der Waals surface area contributed by atoms with Crippen molar-refractivity contribution >= 4 is 39.3 Å². The van der Waals surface area contributed by atoms with Crippen LogP contribution < -0.4 is 19.1 Å². The quantitative estimate of drug-likeness (QED) is 0.438. The van der Waals surface area contributed by atoms with Gasteiger partial charge in [-0.1, -0.05) is 23.7 Å². The van der Waals surface area contributed by atoms with Gasteiger partial charge >= 0.3 is 10.2 Å². The highest BCUT2D eigenvalue weighted by Gasteiger charge is 2.45. The Morgan fingerprint density at radius 3 is 2.67 bits per heavy atom. The van der Waals surface area contributed by atoms with E-state index in [0.29, 0.717) is 60.5 Å². The van der Waals surface area contributed by atoms with Crippen LogP contribution in [0.25, 0.3) is 0 Å². The van der Waals surface area contributed by atoms with E-state index in [0.717, 1.165) is 76.1 Å². The maximum absolute atomic E-state index is 13.7. The number of ether oxygens (including phenoxy) is 2. The summed E-state index contributed by atoms with van der Waals surface area (Å²) in [6.45, 7) is 2.89. The summed E-state index contributed by atoms with van der Waals surface area (Å²) in [5.74, 6) is 0.113. The molecule has 0 aromatic heterocycles. The minimum absolute atomic E-state index is 0.111. The standard InChI is InChI=1S/C35H47ClN4O7S/c1-37-48(44,45)38-34(42)35(43)20-33(41)39(2)15-12-23-13-16-46-32(17-23)29-10-7-25(29)21-40-14-4-3-5-24-18-28(36)9-6-26(24)22-47-31-11-8-27(35)19-30(31)40/h6,8-9,11,18-19,23,25,29,32,37,43H,3-5,7,10,12-17,20-22H2,1-2H3,(H,38,42)/t23-,25-,29+,32-,35+/m0/s1. The number of aryl methyl sites for hydroxylation is 1. The van der Waals surface area contributed by atoms with Gasteiger partial charge in [-0.3, -0.25) is 9.59 Å². The van der Waals surface area contributed by atoms with Gasteiger partial charge in [-0.2, -0.15) is 8.42 Å². The molecular formula is C35H47ClN4O7S. The molecule has 4 aliphatic rings. The number of nitrogens with zero attached hydrogens (tertiary/aromatic N) is 2. The zero-order valence-corrected chi connectivity index (χ0v) is 29.3. The van der Waals surface area contributed by atoms with Crippen LogP contribution in [0.15, 0.2) is 36.4 Å².